The van der Waals surface area contributed by atoms with E-state index in [1.54, 1.807) is 6.07 Å². The van der Waals surface area contributed by atoms with Gasteiger partial charge in [0.2, 0.25) is 5.91 Å². The molecule has 1 unspecified atom stereocenters. The van der Waals surface area contributed by atoms with Crippen LogP contribution in [0.2, 0.25) is 0 Å². The molecule has 6 heteroatoms. The fraction of sp³-hybridized carbons (Fsp3) is 0.667. The van der Waals surface area contributed by atoms with Crippen molar-refractivity contribution in [2.75, 3.05) is 12.3 Å². The molecule has 0 radical (unpaired) electrons. The molecule has 0 saturated heterocycles. The molecule has 1 aliphatic rings. The molecule has 1 aromatic heterocycles. The zero-order chi connectivity index (χ0) is 15.2. The SMILES string of the molecule is Cc1cc(N)nc(SC(C)C(=O)NCC2CCCCC2)n1. The Morgan fingerprint density at radius 2 is 2.14 bits per heavy atom. The van der Waals surface area contributed by atoms with Crippen LogP contribution in [0, 0.1) is 12.8 Å². The molecule has 2 rings (SSSR count). The number of hydrogen-bond acceptors (Lipinski definition) is 5. The summed E-state index contributed by atoms with van der Waals surface area (Å²) < 4.78 is 0. The summed E-state index contributed by atoms with van der Waals surface area (Å²) in [6.45, 7) is 4.54. The van der Waals surface area contributed by atoms with Gasteiger partial charge < -0.3 is 11.1 Å². The minimum Gasteiger partial charge on any atom is -0.384 e. The van der Waals surface area contributed by atoms with Crippen LogP contribution in [0.5, 0.6) is 0 Å². The van der Waals surface area contributed by atoms with Crippen LogP contribution < -0.4 is 11.1 Å². The molecule has 0 aliphatic heterocycles. The number of aromatic nitrogens is 2. The number of nitrogens with zero attached hydrogens (tertiary/aromatic N) is 2. The van der Waals surface area contributed by atoms with Crippen LogP contribution in [0.4, 0.5) is 5.82 Å². The van der Waals surface area contributed by atoms with E-state index in [1.165, 1.54) is 43.9 Å². The van der Waals surface area contributed by atoms with Crippen molar-refractivity contribution in [1.29, 1.82) is 0 Å². The van der Waals surface area contributed by atoms with Crippen LogP contribution in [-0.2, 0) is 4.79 Å². The normalized spacial score (nSPS) is 17.4. The minimum atomic E-state index is -0.213. The second-order valence-electron chi connectivity index (χ2n) is 5.73. The maximum Gasteiger partial charge on any atom is 0.233 e. The first-order valence-electron chi connectivity index (χ1n) is 7.60. The molecule has 1 atom stereocenters. The van der Waals surface area contributed by atoms with Crippen molar-refractivity contribution in [2.24, 2.45) is 5.92 Å². The van der Waals surface area contributed by atoms with Crippen LogP contribution in [0.25, 0.3) is 0 Å². The average molecular weight is 308 g/mol. The fourth-order valence-electron chi connectivity index (χ4n) is 2.61. The topological polar surface area (TPSA) is 80.9 Å². The molecule has 1 aliphatic carbocycles. The van der Waals surface area contributed by atoms with Gasteiger partial charge in [0.05, 0.1) is 5.25 Å². The number of carbonyl (C=O) groups excluding carboxylic acids is 1. The summed E-state index contributed by atoms with van der Waals surface area (Å²) in [5, 5.41) is 3.40. The van der Waals surface area contributed by atoms with Gasteiger partial charge in [-0.25, -0.2) is 9.97 Å². The number of carbonyl (C=O) groups is 1. The molecule has 116 valence electrons. The highest BCUT2D eigenvalue weighted by atomic mass is 32.2. The van der Waals surface area contributed by atoms with Gasteiger partial charge in [-0.05, 0) is 32.6 Å². The molecule has 5 nitrogen and oxygen atoms in total. The maximum atomic E-state index is 12.1. The summed E-state index contributed by atoms with van der Waals surface area (Å²) in [7, 11) is 0. The lowest BCUT2D eigenvalue weighted by Crippen LogP contribution is -2.35. The summed E-state index contributed by atoms with van der Waals surface area (Å²) in [6, 6.07) is 1.72. The Labute approximate surface area is 130 Å². The van der Waals surface area contributed by atoms with E-state index in [1.807, 2.05) is 13.8 Å². The van der Waals surface area contributed by atoms with E-state index in [0.717, 1.165) is 12.2 Å². The van der Waals surface area contributed by atoms with Crippen molar-refractivity contribution in [3.8, 4) is 0 Å². The van der Waals surface area contributed by atoms with E-state index in [-0.39, 0.29) is 11.2 Å². The Kier molecular flexibility index (Phi) is 5.85. The molecule has 0 bridgehead atoms. The molecule has 1 amide bonds. The quantitative estimate of drug-likeness (QED) is 0.645. The molecule has 3 N–H and O–H groups in total. The standard InChI is InChI=1S/C15H24N4OS/c1-10-8-13(16)19-15(18-10)21-11(2)14(20)17-9-12-6-4-3-5-7-12/h8,11-12H,3-7,9H2,1-2H3,(H,17,20)(H2,16,18,19). The van der Waals surface area contributed by atoms with Crippen molar-refractivity contribution < 1.29 is 4.79 Å². The van der Waals surface area contributed by atoms with Gasteiger partial charge in [0.1, 0.15) is 5.82 Å². The van der Waals surface area contributed by atoms with Gasteiger partial charge >= 0.3 is 0 Å². The van der Waals surface area contributed by atoms with Crippen LogP contribution in [0.3, 0.4) is 0 Å². The van der Waals surface area contributed by atoms with Gasteiger partial charge in [0, 0.05) is 18.3 Å². The van der Waals surface area contributed by atoms with E-state index in [4.69, 9.17) is 5.73 Å². The lowest BCUT2D eigenvalue weighted by molar-refractivity contribution is -0.120. The fourth-order valence-corrected chi connectivity index (χ4v) is 3.47. The molecule has 1 saturated carbocycles. The van der Waals surface area contributed by atoms with E-state index in [2.05, 4.69) is 15.3 Å². The smallest absolute Gasteiger partial charge is 0.233 e. The van der Waals surface area contributed by atoms with Crippen molar-refractivity contribution in [3.63, 3.8) is 0 Å². The van der Waals surface area contributed by atoms with Gasteiger partial charge in [-0.2, -0.15) is 0 Å². The second kappa shape index (κ2) is 7.64. The average Bonchev–Trinajstić information content (AvgIpc) is 2.44. The summed E-state index contributed by atoms with van der Waals surface area (Å²) in [6.07, 6.45) is 6.39. The molecule has 0 aromatic carbocycles. The number of nitrogen functional groups attached to an aromatic ring is 1. The number of amides is 1. The van der Waals surface area contributed by atoms with Crippen molar-refractivity contribution in [1.82, 2.24) is 15.3 Å². The monoisotopic (exact) mass is 308 g/mol. The number of hydrogen-bond donors (Lipinski definition) is 2. The largest absolute Gasteiger partial charge is 0.384 e. The maximum absolute atomic E-state index is 12.1. The zero-order valence-electron chi connectivity index (χ0n) is 12.8. The molecule has 1 fully saturated rings. The Morgan fingerprint density at radius 1 is 1.43 bits per heavy atom. The molecular weight excluding hydrogens is 284 g/mol. The van der Waals surface area contributed by atoms with E-state index in [9.17, 15) is 4.79 Å². The molecule has 0 spiro atoms. The number of nitrogens with two attached hydrogens (primary N) is 1. The first-order valence-corrected chi connectivity index (χ1v) is 8.48. The van der Waals surface area contributed by atoms with Gasteiger partial charge in [0.25, 0.3) is 0 Å². The highest BCUT2D eigenvalue weighted by Crippen LogP contribution is 2.24. The Hall–Kier alpha value is -1.30. The van der Waals surface area contributed by atoms with Crippen LogP contribution >= 0.6 is 11.8 Å². The first kappa shape index (κ1) is 16.1. The number of aryl methyl sites for hydroxylation is 1. The summed E-state index contributed by atoms with van der Waals surface area (Å²) in [4.78, 5) is 20.6. The number of anilines is 1. The van der Waals surface area contributed by atoms with Gasteiger partial charge in [-0.15, -0.1) is 0 Å². The lowest BCUT2D eigenvalue weighted by atomic mass is 9.89. The number of thioether (sulfide) groups is 1. The highest BCUT2D eigenvalue weighted by Gasteiger charge is 2.19. The molecule has 21 heavy (non-hydrogen) atoms. The predicted molar refractivity (Wildman–Crippen MR) is 86.1 cm³/mol. The van der Waals surface area contributed by atoms with E-state index < -0.39 is 0 Å². The molecule has 1 heterocycles. The van der Waals surface area contributed by atoms with Crippen LogP contribution in [-0.4, -0.2) is 27.7 Å². The van der Waals surface area contributed by atoms with E-state index in [0.29, 0.717) is 16.9 Å². The second-order valence-corrected chi connectivity index (χ2v) is 7.03. The van der Waals surface area contributed by atoms with E-state index >= 15 is 0 Å². The lowest BCUT2D eigenvalue weighted by Gasteiger charge is -2.22. The van der Waals surface area contributed by atoms with Gasteiger partial charge in [-0.1, -0.05) is 31.0 Å². The van der Waals surface area contributed by atoms with Crippen molar-refractivity contribution in [2.45, 2.75) is 56.4 Å². The van der Waals surface area contributed by atoms with Crippen molar-refractivity contribution >= 4 is 23.5 Å². The summed E-state index contributed by atoms with van der Waals surface area (Å²) >= 11 is 1.35. The van der Waals surface area contributed by atoms with Crippen LogP contribution in [0.1, 0.15) is 44.7 Å². The van der Waals surface area contributed by atoms with Gasteiger partial charge in [-0.3, -0.25) is 4.79 Å². The molecular formula is C15H24N4OS. The highest BCUT2D eigenvalue weighted by molar-refractivity contribution is 8.00. The summed E-state index contributed by atoms with van der Waals surface area (Å²) in [5.74, 6) is 1.14. The third kappa shape index (κ3) is 5.19. The number of nitrogens with one attached hydrogen (secondary N) is 1. The third-order valence-electron chi connectivity index (χ3n) is 3.79. The van der Waals surface area contributed by atoms with Crippen molar-refractivity contribution in [3.05, 3.63) is 11.8 Å². The first-order chi connectivity index (χ1) is 10.0. The van der Waals surface area contributed by atoms with Crippen LogP contribution in [0.15, 0.2) is 11.2 Å². The Balaban J connectivity index is 1.81. The minimum absolute atomic E-state index is 0.0502. The predicted octanol–water partition coefficient (Wildman–Crippen LogP) is 2.54. The number of rotatable bonds is 5. The summed E-state index contributed by atoms with van der Waals surface area (Å²) in [5.41, 5.74) is 6.52. The third-order valence-corrected chi connectivity index (χ3v) is 4.76. The molecule has 1 aromatic rings. The Morgan fingerprint density at radius 3 is 2.81 bits per heavy atom. The van der Waals surface area contributed by atoms with Gasteiger partial charge in [0.15, 0.2) is 5.16 Å². The Bertz CT molecular complexity index is 468. The zero-order valence-corrected chi connectivity index (χ0v) is 13.6.